The second-order valence-electron chi connectivity index (χ2n) is 2.33. The lowest BCUT2D eigenvalue weighted by Gasteiger charge is -2.08. The van der Waals surface area contributed by atoms with Gasteiger partial charge in [-0.25, -0.2) is 4.39 Å². The van der Waals surface area contributed by atoms with Crippen LogP contribution < -0.4 is 5.32 Å². The lowest BCUT2D eigenvalue weighted by Crippen LogP contribution is -2.31. The summed E-state index contributed by atoms with van der Waals surface area (Å²) in [5.74, 6) is 0. The maximum atomic E-state index is 12.6. The summed E-state index contributed by atoms with van der Waals surface area (Å²) in [5, 5.41) is 3.01. The highest BCUT2D eigenvalue weighted by atomic mass is 19.1. The smallest absolute Gasteiger partial charge is 0.145 e. The maximum Gasteiger partial charge on any atom is 0.145 e. The van der Waals surface area contributed by atoms with E-state index >= 15 is 0 Å². The molecule has 0 aromatic heterocycles. The molecule has 2 nitrogen and oxygen atoms in total. The first-order valence-electron chi connectivity index (χ1n) is 2.87. The predicted octanol–water partition coefficient (Wildman–Crippen LogP) is -0.305. The van der Waals surface area contributed by atoms with Crippen molar-refractivity contribution in [1.29, 1.82) is 0 Å². The SMILES string of the molecule is FC1[C@@H]2CO[C@H]1CN2. The molecule has 0 aromatic rings. The summed E-state index contributed by atoms with van der Waals surface area (Å²) in [7, 11) is 0. The molecule has 0 radical (unpaired) electrons. The molecule has 2 aliphatic rings. The minimum absolute atomic E-state index is 0.000000000000000222. The lowest BCUT2D eigenvalue weighted by molar-refractivity contribution is 0.0735. The normalized spacial score (nSPS) is 52.9. The van der Waals surface area contributed by atoms with Crippen molar-refractivity contribution in [3.05, 3.63) is 0 Å². The van der Waals surface area contributed by atoms with E-state index in [2.05, 4.69) is 5.32 Å². The van der Waals surface area contributed by atoms with Crippen molar-refractivity contribution < 1.29 is 9.13 Å². The summed E-state index contributed by atoms with van der Waals surface area (Å²) in [6.45, 7) is 1.26. The zero-order valence-corrected chi connectivity index (χ0v) is 4.43. The van der Waals surface area contributed by atoms with Gasteiger partial charge in [-0.05, 0) is 0 Å². The number of nitrogens with one attached hydrogen (secondary N) is 1. The van der Waals surface area contributed by atoms with Gasteiger partial charge in [0.05, 0.1) is 12.6 Å². The molecule has 2 bridgehead atoms. The van der Waals surface area contributed by atoms with Crippen LogP contribution in [-0.2, 0) is 4.74 Å². The van der Waals surface area contributed by atoms with Crippen molar-refractivity contribution in [3.8, 4) is 0 Å². The Morgan fingerprint density at radius 2 is 2.50 bits per heavy atom. The highest BCUT2D eigenvalue weighted by Gasteiger charge is 2.42. The fraction of sp³-hybridized carbons (Fsp3) is 1.00. The Morgan fingerprint density at radius 1 is 1.62 bits per heavy atom. The van der Waals surface area contributed by atoms with Gasteiger partial charge < -0.3 is 10.1 Å². The first kappa shape index (κ1) is 4.70. The molecule has 2 heterocycles. The van der Waals surface area contributed by atoms with Gasteiger partial charge in [-0.2, -0.15) is 0 Å². The highest BCUT2D eigenvalue weighted by molar-refractivity contribution is 4.96. The fourth-order valence-electron chi connectivity index (χ4n) is 1.28. The Labute approximate surface area is 47.0 Å². The van der Waals surface area contributed by atoms with Crippen LogP contribution in [-0.4, -0.2) is 31.5 Å². The number of ether oxygens (including phenoxy) is 1. The first-order valence-corrected chi connectivity index (χ1v) is 2.87. The van der Waals surface area contributed by atoms with E-state index in [1.54, 1.807) is 0 Å². The van der Waals surface area contributed by atoms with Crippen LogP contribution >= 0.6 is 0 Å². The summed E-state index contributed by atoms with van der Waals surface area (Å²) in [4.78, 5) is 0. The van der Waals surface area contributed by atoms with Gasteiger partial charge in [0.25, 0.3) is 0 Å². The van der Waals surface area contributed by atoms with E-state index in [-0.39, 0.29) is 12.1 Å². The lowest BCUT2D eigenvalue weighted by atomic mass is 10.2. The molecule has 1 N–H and O–H groups in total. The van der Waals surface area contributed by atoms with Crippen molar-refractivity contribution in [3.63, 3.8) is 0 Å². The zero-order valence-electron chi connectivity index (χ0n) is 4.43. The Morgan fingerprint density at radius 3 is 2.62 bits per heavy atom. The van der Waals surface area contributed by atoms with Gasteiger partial charge in [0.1, 0.15) is 12.3 Å². The van der Waals surface area contributed by atoms with Crippen LogP contribution in [0.3, 0.4) is 0 Å². The summed E-state index contributed by atoms with van der Waals surface area (Å²) < 4.78 is 17.6. The molecule has 0 aromatic carbocycles. The monoisotopic (exact) mass is 117 g/mol. The quantitative estimate of drug-likeness (QED) is 0.470. The first-order chi connectivity index (χ1) is 3.88. The van der Waals surface area contributed by atoms with Crippen LogP contribution in [0.2, 0.25) is 0 Å². The van der Waals surface area contributed by atoms with Crippen molar-refractivity contribution >= 4 is 0 Å². The third-order valence-corrected chi connectivity index (χ3v) is 1.81. The largest absolute Gasteiger partial charge is 0.372 e. The number of morpholine rings is 1. The minimum atomic E-state index is -0.741. The van der Waals surface area contributed by atoms with Crippen LogP contribution in [0, 0.1) is 0 Å². The summed E-state index contributed by atoms with van der Waals surface area (Å²) in [5.41, 5.74) is 0. The fourth-order valence-corrected chi connectivity index (χ4v) is 1.28. The molecule has 1 unspecified atom stereocenters. The number of alkyl halides is 1. The molecule has 0 aliphatic carbocycles. The summed E-state index contributed by atoms with van der Waals surface area (Å²) in [6, 6.07) is -0.000000000000000222. The summed E-state index contributed by atoms with van der Waals surface area (Å²) in [6.07, 6.45) is -0.880. The topological polar surface area (TPSA) is 21.3 Å². The highest BCUT2D eigenvalue weighted by Crippen LogP contribution is 2.22. The molecular weight excluding hydrogens is 109 g/mol. The third-order valence-electron chi connectivity index (χ3n) is 1.81. The van der Waals surface area contributed by atoms with Gasteiger partial charge in [0.2, 0.25) is 0 Å². The van der Waals surface area contributed by atoms with Crippen LogP contribution in [0.25, 0.3) is 0 Å². The average Bonchev–Trinajstić information content (AvgIpc) is 2.29. The maximum absolute atomic E-state index is 12.6. The molecule has 2 aliphatic heterocycles. The Kier molecular flexibility index (Phi) is 0.835. The molecule has 8 heavy (non-hydrogen) atoms. The number of hydrogen-bond donors (Lipinski definition) is 1. The zero-order chi connectivity index (χ0) is 5.56. The van der Waals surface area contributed by atoms with Gasteiger partial charge in [-0.1, -0.05) is 0 Å². The van der Waals surface area contributed by atoms with E-state index in [0.29, 0.717) is 13.2 Å². The molecule has 0 amide bonds. The van der Waals surface area contributed by atoms with Crippen LogP contribution in [0.15, 0.2) is 0 Å². The average molecular weight is 117 g/mol. The molecule has 0 spiro atoms. The summed E-state index contributed by atoms with van der Waals surface area (Å²) >= 11 is 0. The number of fused-ring (bicyclic) bond motifs is 2. The Bertz CT molecular complexity index is 88.6. The van der Waals surface area contributed by atoms with Gasteiger partial charge in [0.15, 0.2) is 0 Å². The minimum Gasteiger partial charge on any atom is -0.372 e. The van der Waals surface area contributed by atoms with Gasteiger partial charge >= 0.3 is 0 Å². The predicted molar refractivity (Wildman–Crippen MR) is 26.4 cm³/mol. The van der Waals surface area contributed by atoms with Crippen LogP contribution in [0.5, 0.6) is 0 Å². The van der Waals surface area contributed by atoms with E-state index in [0.717, 1.165) is 0 Å². The standard InChI is InChI=1S/C5H8FNO/c6-5-3-2-8-4(5)1-7-3/h3-5,7H,1-2H2/t3-,4-,5?/m0/s1. The molecular formula is C5H8FNO. The molecule has 3 heteroatoms. The molecule has 2 rings (SSSR count). The van der Waals surface area contributed by atoms with E-state index in [4.69, 9.17) is 4.74 Å². The molecule has 0 saturated carbocycles. The van der Waals surface area contributed by atoms with Gasteiger partial charge in [-0.3, -0.25) is 0 Å². The molecule has 46 valence electrons. The van der Waals surface area contributed by atoms with Gasteiger partial charge in [0, 0.05) is 6.54 Å². The number of rotatable bonds is 0. The van der Waals surface area contributed by atoms with E-state index in [1.807, 2.05) is 0 Å². The van der Waals surface area contributed by atoms with E-state index < -0.39 is 6.17 Å². The van der Waals surface area contributed by atoms with Crippen molar-refractivity contribution in [2.45, 2.75) is 18.3 Å². The van der Waals surface area contributed by atoms with Crippen LogP contribution in [0.1, 0.15) is 0 Å². The van der Waals surface area contributed by atoms with Crippen molar-refractivity contribution in [1.82, 2.24) is 5.32 Å². The molecule has 2 fully saturated rings. The second kappa shape index (κ2) is 1.42. The van der Waals surface area contributed by atoms with Crippen molar-refractivity contribution in [2.24, 2.45) is 0 Å². The van der Waals surface area contributed by atoms with Gasteiger partial charge in [-0.15, -0.1) is 0 Å². The Balaban J connectivity index is 2.16. The van der Waals surface area contributed by atoms with E-state index in [9.17, 15) is 4.39 Å². The third kappa shape index (κ3) is 0.432. The van der Waals surface area contributed by atoms with E-state index in [1.165, 1.54) is 0 Å². The number of halogens is 1. The molecule has 3 atom stereocenters. The Hall–Kier alpha value is -0.150. The van der Waals surface area contributed by atoms with Crippen LogP contribution in [0.4, 0.5) is 4.39 Å². The van der Waals surface area contributed by atoms with Crippen molar-refractivity contribution in [2.75, 3.05) is 13.2 Å². The second-order valence-corrected chi connectivity index (χ2v) is 2.33. The number of hydrogen-bond acceptors (Lipinski definition) is 2. The molecule has 2 saturated heterocycles.